The molecule has 0 unspecified atom stereocenters. The van der Waals surface area contributed by atoms with Gasteiger partial charge in [-0.25, -0.2) is 0 Å². The van der Waals surface area contributed by atoms with Crippen LogP contribution in [-0.4, -0.2) is 13.7 Å². The minimum atomic E-state index is -2.90. The summed E-state index contributed by atoms with van der Waals surface area (Å²) in [5, 5.41) is 12.1. The Hall–Kier alpha value is -2.65. The first kappa shape index (κ1) is 16.7. The van der Waals surface area contributed by atoms with E-state index in [9.17, 15) is 8.78 Å². The summed E-state index contributed by atoms with van der Waals surface area (Å²) in [6.07, 6.45) is 0. The maximum atomic E-state index is 12.4. The van der Waals surface area contributed by atoms with E-state index in [2.05, 4.69) is 16.1 Å². The number of hydrogen-bond acceptors (Lipinski definition) is 4. The van der Waals surface area contributed by atoms with Gasteiger partial charge in [-0.15, -0.1) is 0 Å². The van der Waals surface area contributed by atoms with Crippen LogP contribution in [-0.2, 0) is 13.1 Å². The highest BCUT2D eigenvalue weighted by molar-refractivity contribution is 5.43. The molecule has 6 heteroatoms. The Morgan fingerprint density at radius 3 is 2.48 bits per heavy atom. The molecule has 0 atom stereocenters. The van der Waals surface area contributed by atoms with Gasteiger partial charge in [0.1, 0.15) is 0 Å². The summed E-state index contributed by atoms with van der Waals surface area (Å²) in [6, 6.07) is 14.2. The van der Waals surface area contributed by atoms with Crippen molar-refractivity contribution in [2.45, 2.75) is 19.7 Å². The first-order valence-corrected chi connectivity index (χ1v) is 6.94. The third kappa shape index (κ3) is 4.94. The zero-order chi connectivity index (χ0) is 16.7. The standard InChI is InChI=1S/C17H16F2N2O2/c1-22-15-6-5-14(8-16(15)23-17(18)19)11-21-10-13-4-2-3-12(7-13)9-20/h2-8,17,21H,10-11H2,1H3. The molecule has 0 fully saturated rings. The molecule has 0 bridgehead atoms. The van der Waals surface area contributed by atoms with Gasteiger partial charge in [-0.05, 0) is 35.4 Å². The van der Waals surface area contributed by atoms with E-state index >= 15 is 0 Å². The Labute approximate surface area is 133 Å². The van der Waals surface area contributed by atoms with Gasteiger partial charge in [0.15, 0.2) is 11.5 Å². The van der Waals surface area contributed by atoms with E-state index in [1.807, 2.05) is 12.1 Å². The summed E-state index contributed by atoms with van der Waals surface area (Å²) in [5.74, 6) is 0.268. The molecule has 4 nitrogen and oxygen atoms in total. The number of methoxy groups -OCH3 is 1. The second kappa shape index (κ2) is 8.11. The van der Waals surface area contributed by atoms with Crippen molar-refractivity contribution in [2.24, 2.45) is 0 Å². The molecular weight excluding hydrogens is 302 g/mol. The molecular formula is C17H16F2N2O2. The van der Waals surface area contributed by atoms with E-state index in [0.29, 0.717) is 18.7 Å². The van der Waals surface area contributed by atoms with Gasteiger partial charge in [0.2, 0.25) is 0 Å². The molecule has 0 saturated heterocycles. The zero-order valence-corrected chi connectivity index (χ0v) is 12.6. The number of alkyl halides is 2. The number of halogens is 2. The van der Waals surface area contributed by atoms with Gasteiger partial charge in [0, 0.05) is 13.1 Å². The predicted octanol–water partition coefficient (Wildman–Crippen LogP) is 3.46. The maximum Gasteiger partial charge on any atom is 0.387 e. The average Bonchev–Trinajstić information content (AvgIpc) is 2.55. The number of ether oxygens (including phenoxy) is 2. The molecule has 1 N–H and O–H groups in total. The molecule has 2 aromatic rings. The van der Waals surface area contributed by atoms with Crippen LogP contribution in [0.25, 0.3) is 0 Å². The Morgan fingerprint density at radius 1 is 1.09 bits per heavy atom. The molecule has 0 heterocycles. The normalized spacial score (nSPS) is 10.4. The summed E-state index contributed by atoms with van der Waals surface area (Å²) in [4.78, 5) is 0. The summed E-state index contributed by atoms with van der Waals surface area (Å²) in [5.41, 5.74) is 2.36. The smallest absolute Gasteiger partial charge is 0.387 e. The van der Waals surface area contributed by atoms with E-state index in [1.165, 1.54) is 13.2 Å². The molecule has 2 aromatic carbocycles. The van der Waals surface area contributed by atoms with Crippen molar-refractivity contribution in [1.29, 1.82) is 5.26 Å². The Kier molecular flexibility index (Phi) is 5.89. The second-order valence-corrected chi connectivity index (χ2v) is 4.78. The predicted molar refractivity (Wildman–Crippen MR) is 81.3 cm³/mol. The average molecular weight is 318 g/mol. The molecule has 0 aliphatic rings. The van der Waals surface area contributed by atoms with Crippen LogP contribution in [0.2, 0.25) is 0 Å². The van der Waals surface area contributed by atoms with Crippen molar-refractivity contribution in [3.05, 3.63) is 59.2 Å². The first-order chi connectivity index (χ1) is 11.1. The Morgan fingerprint density at radius 2 is 1.83 bits per heavy atom. The van der Waals surface area contributed by atoms with Gasteiger partial charge in [-0.2, -0.15) is 14.0 Å². The van der Waals surface area contributed by atoms with Crippen LogP contribution in [0.1, 0.15) is 16.7 Å². The van der Waals surface area contributed by atoms with Crippen molar-refractivity contribution in [3.8, 4) is 17.6 Å². The molecule has 0 spiro atoms. The molecule has 0 aliphatic heterocycles. The van der Waals surface area contributed by atoms with E-state index in [1.54, 1.807) is 24.3 Å². The number of benzene rings is 2. The Bertz CT molecular complexity index is 699. The highest BCUT2D eigenvalue weighted by Crippen LogP contribution is 2.29. The topological polar surface area (TPSA) is 54.3 Å². The third-order valence-corrected chi connectivity index (χ3v) is 3.16. The van der Waals surface area contributed by atoms with Crippen molar-refractivity contribution >= 4 is 0 Å². The molecule has 0 aliphatic carbocycles. The lowest BCUT2D eigenvalue weighted by Crippen LogP contribution is -2.13. The highest BCUT2D eigenvalue weighted by atomic mass is 19.3. The molecule has 0 saturated carbocycles. The highest BCUT2D eigenvalue weighted by Gasteiger charge is 2.11. The monoisotopic (exact) mass is 318 g/mol. The Balaban J connectivity index is 1.98. The van der Waals surface area contributed by atoms with Gasteiger partial charge >= 0.3 is 6.61 Å². The molecule has 23 heavy (non-hydrogen) atoms. The van der Waals surface area contributed by atoms with Crippen LogP contribution < -0.4 is 14.8 Å². The van der Waals surface area contributed by atoms with Gasteiger partial charge in [-0.1, -0.05) is 18.2 Å². The van der Waals surface area contributed by atoms with Crippen LogP contribution in [0, 0.1) is 11.3 Å². The molecule has 0 amide bonds. The van der Waals surface area contributed by atoms with Crippen LogP contribution in [0.5, 0.6) is 11.5 Å². The number of nitrogens with zero attached hydrogens (tertiary/aromatic N) is 1. The second-order valence-electron chi connectivity index (χ2n) is 4.78. The summed E-state index contributed by atoms with van der Waals surface area (Å²) < 4.78 is 34.2. The fourth-order valence-corrected chi connectivity index (χ4v) is 2.12. The fraction of sp³-hybridized carbons (Fsp3) is 0.235. The number of nitriles is 1. The van der Waals surface area contributed by atoms with Crippen LogP contribution >= 0.6 is 0 Å². The summed E-state index contributed by atoms with van der Waals surface area (Å²) in [7, 11) is 1.40. The number of rotatable bonds is 7. The van der Waals surface area contributed by atoms with E-state index in [0.717, 1.165) is 11.1 Å². The minimum Gasteiger partial charge on any atom is -0.493 e. The van der Waals surface area contributed by atoms with Crippen LogP contribution in [0.3, 0.4) is 0 Å². The molecule has 0 aromatic heterocycles. The van der Waals surface area contributed by atoms with E-state index in [-0.39, 0.29) is 11.5 Å². The third-order valence-electron chi connectivity index (χ3n) is 3.16. The zero-order valence-electron chi connectivity index (χ0n) is 12.6. The number of nitrogens with one attached hydrogen (secondary N) is 1. The fourth-order valence-electron chi connectivity index (χ4n) is 2.12. The van der Waals surface area contributed by atoms with Crippen LogP contribution in [0.15, 0.2) is 42.5 Å². The SMILES string of the molecule is COc1ccc(CNCc2cccc(C#N)c2)cc1OC(F)F. The van der Waals surface area contributed by atoms with Gasteiger partial charge < -0.3 is 14.8 Å². The van der Waals surface area contributed by atoms with Gasteiger partial charge in [-0.3, -0.25) is 0 Å². The lowest BCUT2D eigenvalue weighted by molar-refractivity contribution is -0.0512. The lowest BCUT2D eigenvalue weighted by atomic mass is 10.1. The minimum absolute atomic E-state index is 0.00766. The lowest BCUT2D eigenvalue weighted by Gasteiger charge is -2.12. The van der Waals surface area contributed by atoms with Crippen molar-refractivity contribution in [1.82, 2.24) is 5.32 Å². The van der Waals surface area contributed by atoms with Crippen molar-refractivity contribution in [3.63, 3.8) is 0 Å². The van der Waals surface area contributed by atoms with Gasteiger partial charge in [0.25, 0.3) is 0 Å². The van der Waals surface area contributed by atoms with E-state index in [4.69, 9.17) is 10.00 Å². The largest absolute Gasteiger partial charge is 0.493 e. The summed E-state index contributed by atoms with van der Waals surface area (Å²) >= 11 is 0. The van der Waals surface area contributed by atoms with Crippen molar-refractivity contribution in [2.75, 3.05) is 7.11 Å². The first-order valence-electron chi connectivity index (χ1n) is 6.94. The van der Waals surface area contributed by atoms with Crippen molar-refractivity contribution < 1.29 is 18.3 Å². The molecule has 0 radical (unpaired) electrons. The van der Waals surface area contributed by atoms with E-state index < -0.39 is 6.61 Å². The molecule has 120 valence electrons. The maximum absolute atomic E-state index is 12.4. The van der Waals surface area contributed by atoms with Crippen LogP contribution in [0.4, 0.5) is 8.78 Å². The number of hydrogen-bond donors (Lipinski definition) is 1. The quantitative estimate of drug-likeness (QED) is 0.849. The summed E-state index contributed by atoms with van der Waals surface area (Å²) in [6.45, 7) is -1.87. The molecule has 2 rings (SSSR count). The van der Waals surface area contributed by atoms with Gasteiger partial charge in [0.05, 0.1) is 18.7 Å².